The quantitative estimate of drug-likeness (QED) is 0.594. The first-order chi connectivity index (χ1) is 7.39. The topological polar surface area (TPSA) is 46.5 Å². The van der Waals surface area contributed by atoms with E-state index in [-0.39, 0.29) is 5.97 Å². The maximum atomic E-state index is 11.3. The summed E-state index contributed by atoms with van der Waals surface area (Å²) in [6, 6.07) is 0. The molecule has 92 valence electrons. The second-order valence-corrected chi connectivity index (χ2v) is 4.97. The molecule has 16 heavy (non-hydrogen) atoms. The lowest BCUT2D eigenvalue weighted by Crippen LogP contribution is -2.48. The average molecular weight is 226 g/mol. The van der Waals surface area contributed by atoms with Crippen LogP contribution in [0.5, 0.6) is 0 Å². The molecule has 0 amide bonds. The van der Waals surface area contributed by atoms with Gasteiger partial charge in [-0.25, -0.2) is 0 Å². The Morgan fingerprint density at radius 3 is 2.69 bits per heavy atom. The molecule has 1 N–H and O–H groups in total. The van der Waals surface area contributed by atoms with Crippen LogP contribution in [0.1, 0.15) is 46.5 Å². The van der Waals surface area contributed by atoms with Gasteiger partial charge in [0, 0.05) is 6.42 Å². The fraction of sp³-hybridized carbons (Fsp3) is 0.769. The van der Waals surface area contributed by atoms with Gasteiger partial charge in [0.25, 0.3) is 0 Å². The summed E-state index contributed by atoms with van der Waals surface area (Å²) in [6.07, 6.45) is 2.05. The Morgan fingerprint density at radius 1 is 1.62 bits per heavy atom. The number of ether oxygens (including phenoxy) is 1. The van der Waals surface area contributed by atoms with E-state index in [1.807, 2.05) is 13.8 Å². The molecule has 0 aliphatic heterocycles. The number of allylic oxidation sites excluding steroid dienone is 1. The summed E-state index contributed by atoms with van der Waals surface area (Å²) in [5.74, 6) is 0.110. The molecule has 0 heterocycles. The van der Waals surface area contributed by atoms with Crippen molar-refractivity contribution < 1.29 is 14.6 Å². The first kappa shape index (κ1) is 13.2. The fourth-order valence-corrected chi connectivity index (χ4v) is 2.16. The van der Waals surface area contributed by atoms with E-state index in [2.05, 4.69) is 6.58 Å². The number of rotatable bonds is 3. The van der Waals surface area contributed by atoms with Crippen molar-refractivity contribution in [3.8, 4) is 0 Å². The fourth-order valence-electron chi connectivity index (χ4n) is 2.16. The van der Waals surface area contributed by atoms with E-state index < -0.39 is 11.7 Å². The van der Waals surface area contributed by atoms with E-state index in [4.69, 9.17) is 4.74 Å². The number of esters is 1. The molecule has 3 unspecified atom stereocenters. The largest absolute Gasteiger partial charge is 0.457 e. The second kappa shape index (κ2) is 5.00. The first-order valence-electron chi connectivity index (χ1n) is 5.94. The van der Waals surface area contributed by atoms with Gasteiger partial charge in [-0.05, 0) is 39.0 Å². The second-order valence-electron chi connectivity index (χ2n) is 4.97. The van der Waals surface area contributed by atoms with Gasteiger partial charge >= 0.3 is 5.97 Å². The molecule has 0 spiro atoms. The molecular formula is C13H22O3. The molecule has 1 aliphatic rings. The van der Waals surface area contributed by atoms with Crippen LogP contribution in [0.2, 0.25) is 0 Å². The minimum Gasteiger partial charge on any atom is -0.457 e. The molecule has 0 radical (unpaired) electrons. The Morgan fingerprint density at radius 2 is 2.25 bits per heavy atom. The number of aliphatic hydroxyl groups is 1. The van der Waals surface area contributed by atoms with Crippen LogP contribution in [0, 0.1) is 5.92 Å². The van der Waals surface area contributed by atoms with E-state index in [9.17, 15) is 9.90 Å². The van der Waals surface area contributed by atoms with Crippen LogP contribution < -0.4 is 0 Å². The van der Waals surface area contributed by atoms with Gasteiger partial charge in [0.2, 0.25) is 0 Å². The van der Waals surface area contributed by atoms with E-state index in [1.54, 1.807) is 6.92 Å². The van der Waals surface area contributed by atoms with Crippen LogP contribution in [-0.2, 0) is 9.53 Å². The van der Waals surface area contributed by atoms with Gasteiger partial charge in [0.15, 0.2) is 0 Å². The number of hydrogen-bond acceptors (Lipinski definition) is 3. The molecule has 1 fully saturated rings. The lowest BCUT2D eigenvalue weighted by atomic mass is 9.75. The number of carbonyl (C=O) groups excluding carboxylic acids is 1. The van der Waals surface area contributed by atoms with E-state index >= 15 is 0 Å². The molecule has 1 aliphatic carbocycles. The molecule has 0 bridgehead atoms. The number of hydrogen-bond donors (Lipinski definition) is 1. The van der Waals surface area contributed by atoms with Gasteiger partial charge in [-0.15, -0.1) is 0 Å². The highest BCUT2D eigenvalue weighted by molar-refractivity contribution is 5.69. The highest BCUT2D eigenvalue weighted by Crippen LogP contribution is 2.37. The maximum Gasteiger partial charge on any atom is 0.306 e. The highest BCUT2D eigenvalue weighted by Gasteiger charge is 2.42. The minimum atomic E-state index is -0.709. The van der Waals surface area contributed by atoms with Crippen LogP contribution in [0.15, 0.2) is 12.2 Å². The van der Waals surface area contributed by atoms with Crippen LogP contribution in [0.4, 0.5) is 0 Å². The summed E-state index contributed by atoms with van der Waals surface area (Å²) < 4.78 is 5.35. The maximum absolute atomic E-state index is 11.3. The summed E-state index contributed by atoms with van der Waals surface area (Å²) in [7, 11) is 0. The minimum absolute atomic E-state index is 0.240. The zero-order valence-corrected chi connectivity index (χ0v) is 10.5. The van der Waals surface area contributed by atoms with Gasteiger partial charge in [0.1, 0.15) is 5.60 Å². The Hall–Kier alpha value is -0.830. The van der Waals surface area contributed by atoms with Crippen molar-refractivity contribution in [3.05, 3.63) is 12.2 Å². The summed E-state index contributed by atoms with van der Waals surface area (Å²) in [6.45, 7) is 9.48. The van der Waals surface area contributed by atoms with Gasteiger partial charge in [-0.2, -0.15) is 0 Å². The first-order valence-corrected chi connectivity index (χ1v) is 5.94. The normalized spacial score (nSPS) is 34.5. The molecule has 0 saturated heterocycles. The predicted octanol–water partition coefficient (Wildman–Crippen LogP) is 2.44. The van der Waals surface area contributed by atoms with Crippen molar-refractivity contribution in [3.63, 3.8) is 0 Å². The smallest absolute Gasteiger partial charge is 0.306 e. The van der Waals surface area contributed by atoms with Crippen LogP contribution in [-0.4, -0.2) is 22.8 Å². The standard InChI is InChI=1S/C13H22O3/c1-5-12(15)16-13(4)7-6-10(9(2)3)8-11(13)14/h10-11,14H,2,5-8H2,1,3-4H3. The summed E-state index contributed by atoms with van der Waals surface area (Å²) >= 11 is 0. The lowest BCUT2D eigenvalue weighted by Gasteiger charge is -2.41. The summed E-state index contributed by atoms with van der Waals surface area (Å²) in [5.41, 5.74) is 0.391. The third-order valence-corrected chi connectivity index (χ3v) is 3.53. The van der Waals surface area contributed by atoms with Gasteiger partial charge < -0.3 is 9.84 Å². The molecule has 3 heteroatoms. The Kier molecular flexibility index (Phi) is 4.14. The zero-order chi connectivity index (χ0) is 12.3. The summed E-state index contributed by atoms with van der Waals surface area (Å²) in [5, 5.41) is 10.1. The molecule has 3 nitrogen and oxygen atoms in total. The average Bonchev–Trinajstić information content (AvgIpc) is 2.21. The number of carbonyl (C=O) groups is 1. The molecule has 0 aromatic carbocycles. The van der Waals surface area contributed by atoms with Crippen molar-refractivity contribution in [2.75, 3.05) is 0 Å². The third kappa shape index (κ3) is 2.85. The van der Waals surface area contributed by atoms with Crippen LogP contribution in [0.25, 0.3) is 0 Å². The van der Waals surface area contributed by atoms with Crippen LogP contribution >= 0.6 is 0 Å². The Balaban J connectivity index is 2.64. The molecule has 3 atom stereocenters. The molecule has 0 aromatic rings. The molecule has 0 aromatic heterocycles. The van der Waals surface area contributed by atoms with Crippen molar-refractivity contribution >= 4 is 5.97 Å². The van der Waals surface area contributed by atoms with Gasteiger partial charge in [-0.1, -0.05) is 19.1 Å². The van der Waals surface area contributed by atoms with Crippen molar-refractivity contribution in [1.82, 2.24) is 0 Å². The Labute approximate surface area is 97.5 Å². The number of aliphatic hydroxyl groups excluding tert-OH is 1. The molecular weight excluding hydrogens is 204 g/mol. The zero-order valence-electron chi connectivity index (χ0n) is 10.5. The monoisotopic (exact) mass is 226 g/mol. The van der Waals surface area contributed by atoms with E-state index in [0.29, 0.717) is 25.2 Å². The van der Waals surface area contributed by atoms with Crippen molar-refractivity contribution in [1.29, 1.82) is 0 Å². The lowest BCUT2D eigenvalue weighted by molar-refractivity contribution is -0.177. The SMILES string of the molecule is C=C(C)C1CCC(C)(OC(=O)CC)C(O)C1. The molecule has 1 rings (SSSR count). The van der Waals surface area contributed by atoms with E-state index in [1.165, 1.54) is 0 Å². The van der Waals surface area contributed by atoms with Gasteiger partial charge in [0.05, 0.1) is 6.10 Å². The third-order valence-electron chi connectivity index (χ3n) is 3.53. The summed E-state index contributed by atoms with van der Waals surface area (Å²) in [4.78, 5) is 11.3. The molecule has 1 saturated carbocycles. The van der Waals surface area contributed by atoms with Crippen molar-refractivity contribution in [2.45, 2.75) is 58.2 Å². The predicted molar refractivity (Wildman–Crippen MR) is 62.9 cm³/mol. The Bertz CT molecular complexity index is 285. The van der Waals surface area contributed by atoms with Crippen LogP contribution in [0.3, 0.4) is 0 Å². The van der Waals surface area contributed by atoms with Gasteiger partial charge in [-0.3, -0.25) is 4.79 Å². The highest BCUT2D eigenvalue weighted by atomic mass is 16.6. The van der Waals surface area contributed by atoms with Crippen molar-refractivity contribution in [2.24, 2.45) is 5.92 Å². The van der Waals surface area contributed by atoms with E-state index in [0.717, 1.165) is 12.0 Å².